The first-order chi connectivity index (χ1) is 11.9. The van der Waals surface area contributed by atoms with Crippen LogP contribution in [0.25, 0.3) is 0 Å². The highest BCUT2D eigenvalue weighted by molar-refractivity contribution is 7.93. The monoisotopic (exact) mass is 382 g/mol. The lowest BCUT2D eigenvalue weighted by atomic mass is 10.1. The Kier molecular flexibility index (Phi) is 6.27. The SMILES string of the molecule is CCCc1ccc(S(=O)(=O)Nc2ncc(OC(=O)C(=O)CC)s2)cc1. The molecule has 0 fully saturated rings. The Hall–Kier alpha value is -2.26. The van der Waals surface area contributed by atoms with Crippen LogP contribution in [0.2, 0.25) is 0 Å². The summed E-state index contributed by atoms with van der Waals surface area (Å²) in [6.45, 7) is 3.59. The highest BCUT2D eigenvalue weighted by Gasteiger charge is 2.19. The molecule has 2 aromatic rings. The largest absolute Gasteiger partial charge is 0.408 e. The van der Waals surface area contributed by atoms with Gasteiger partial charge in [0, 0.05) is 6.42 Å². The van der Waals surface area contributed by atoms with Gasteiger partial charge in [-0.05, 0) is 24.1 Å². The Morgan fingerprint density at radius 2 is 1.88 bits per heavy atom. The number of sulfonamides is 1. The number of Topliss-reactive ketones (excluding diaryl/α,β-unsaturated/α-hetero) is 1. The zero-order chi connectivity index (χ0) is 18.4. The minimum absolute atomic E-state index is 0.0329. The quantitative estimate of drug-likeness (QED) is 0.556. The second kappa shape index (κ2) is 8.21. The van der Waals surface area contributed by atoms with Crippen LogP contribution in [0.4, 0.5) is 5.13 Å². The number of benzene rings is 1. The molecule has 2 rings (SSSR count). The van der Waals surface area contributed by atoms with E-state index in [2.05, 4.69) is 9.71 Å². The molecule has 0 aliphatic rings. The van der Waals surface area contributed by atoms with Crippen molar-refractivity contribution in [3.05, 3.63) is 36.0 Å². The van der Waals surface area contributed by atoms with Gasteiger partial charge in [-0.15, -0.1) is 0 Å². The average Bonchev–Trinajstić information content (AvgIpc) is 3.01. The smallest absolute Gasteiger partial charge is 0.380 e. The molecule has 0 saturated heterocycles. The van der Waals surface area contributed by atoms with Crippen LogP contribution in [0.1, 0.15) is 32.3 Å². The number of nitrogens with zero attached hydrogens (tertiary/aromatic N) is 1. The first kappa shape index (κ1) is 19.1. The third-order valence-corrected chi connectivity index (χ3v) is 5.50. The normalized spacial score (nSPS) is 11.1. The fourth-order valence-corrected chi connectivity index (χ4v) is 3.85. The van der Waals surface area contributed by atoms with Crippen molar-refractivity contribution in [2.45, 2.75) is 38.0 Å². The van der Waals surface area contributed by atoms with E-state index in [1.807, 2.05) is 6.92 Å². The Balaban J connectivity index is 2.08. The number of hydrogen-bond donors (Lipinski definition) is 1. The van der Waals surface area contributed by atoms with Gasteiger partial charge in [-0.25, -0.2) is 18.2 Å². The summed E-state index contributed by atoms with van der Waals surface area (Å²) in [6, 6.07) is 6.59. The molecule has 0 atom stereocenters. The Morgan fingerprint density at radius 3 is 2.48 bits per heavy atom. The van der Waals surface area contributed by atoms with E-state index in [0.717, 1.165) is 29.7 Å². The van der Waals surface area contributed by atoms with Crippen molar-refractivity contribution < 1.29 is 22.7 Å². The second-order valence-corrected chi connectivity index (χ2v) is 7.83. The van der Waals surface area contributed by atoms with Crippen LogP contribution in [0, 0.1) is 0 Å². The summed E-state index contributed by atoms with van der Waals surface area (Å²) < 4.78 is 31.9. The number of esters is 1. The summed E-state index contributed by atoms with van der Waals surface area (Å²) in [7, 11) is -3.79. The maximum Gasteiger partial charge on any atom is 0.380 e. The van der Waals surface area contributed by atoms with Crippen molar-refractivity contribution in [1.82, 2.24) is 4.98 Å². The van der Waals surface area contributed by atoms with Crippen LogP contribution >= 0.6 is 11.3 Å². The predicted molar refractivity (Wildman–Crippen MR) is 94.3 cm³/mol. The van der Waals surface area contributed by atoms with Gasteiger partial charge in [0.15, 0.2) is 5.13 Å². The van der Waals surface area contributed by atoms with Crippen molar-refractivity contribution in [1.29, 1.82) is 0 Å². The Morgan fingerprint density at radius 1 is 1.20 bits per heavy atom. The van der Waals surface area contributed by atoms with E-state index in [9.17, 15) is 18.0 Å². The summed E-state index contributed by atoms with van der Waals surface area (Å²) >= 11 is 0.825. The van der Waals surface area contributed by atoms with Crippen LogP contribution in [0.3, 0.4) is 0 Å². The van der Waals surface area contributed by atoms with Gasteiger partial charge < -0.3 is 4.74 Å². The topological polar surface area (TPSA) is 102 Å². The zero-order valence-corrected chi connectivity index (χ0v) is 15.4. The van der Waals surface area contributed by atoms with E-state index in [1.165, 1.54) is 18.3 Å². The fourth-order valence-electron chi connectivity index (χ4n) is 1.94. The molecule has 1 aromatic carbocycles. The van der Waals surface area contributed by atoms with Crippen LogP contribution in [-0.4, -0.2) is 25.2 Å². The average molecular weight is 382 g/mol. The molecule has 0 aliphatic carbocycles. The first-order valence-electron chi connectivity index (χ1n) is 7.68. The highest BCUT2D eigenvalue weighted by atomic mass is 32.2. The summed E-state index contributed by atoms with van der Waals surface area (Å²) in [6.07, 6.45) is 3.08. The molecule has 0 amide bonds. The lowest BCUT2D eigenvalue weighted by Crippen LogP contribution is -2.18. The third-order valence-electron chi connectivity index (χ3n) is 3.22. The molecule has 1 aromatic heterocycles. The molecule has 0 saturated carbocycles. The number of hydrogen-bond acceptors (Lipinski definition) is 7. The van der Waals surface area contributed by atoms with Crippen LogP contribution in [-0.2, 0) is 26.0 Å². The number of rotatable bonds is 8. The molecular weight excluding hydrogens is 364 g/mol. The Bertz CT molecular complexity index is 857. The molecule has 0 spiro atoms. The minimum Gasteiger partial charge on any atom is -0.408 e. The summed E-state index contributed by atoms with van der Waals surface area (Å²) in [5.74, 6) is -1.66. The fraction of sp³-hybridized carbons (Fsp3) is 0.312. The molecule has 9 heteroatoms. The van der Waals surface area contributed by atoms with Crippen molar-refractivity contribution in [3.63, 3.8) is 0 Å². The molecule has 25 heavy (non-hydrogen) atoms. The van der Waals surface area contributed by atoms with Gasteiger partial charge in [-0.1, -0.05) is 43.7 Å². The second-order valence-electron chi connectivity index (χ2n) is 5.15. The first-order valence-corrected chi connectivity index (χ1v) is 9.98. The van der Waals surface area contributed by atoms with E-state index < -0.39 is 21.8 Å². The van der Waals surface area contributed by atoms with E-state index in [0.29, 0.717) is 0 Å². The highest BCUT2D eigenvalue weighted by Crippen LogP contribution is 2.28. The lowest BCUT2D eigenvalue weighted by Gasteiger charge is -2.06. The summed E-state index contributed by atoms with van der Waals surface area (Å²) in [4.78, 5) is 26.6. The zero-order valence-electron chi connectivity index (χ0n) is 13.8. The van der Waals surface area contributed by atoms with E-state index in [1.54, 1.807) is 19.1 Å². The number of anilines is 1. The summed E-state index contributed by atoms with van der Waals surface area (Å²) in [5.41, 5.74) is 1.06. The minimum atomic E-state index is -3.79. The van der Waals surface area contributed by atoms with Crippen LogP contribution < -0.4 is 9.46 Å². The predicted octanol–water partition coefficient (Wildman–Crippen LogP) is 2.78. The maximum absolute atomic E-state index is 12.4. The lowest BCUT2D eigenvalue weighted by molar-refractivity contribution is -0.146. The number of aromatic nitrogens is 1. The molecule has 0 unspecified atom stereocenters. The molecular formula is C16H18N2O5S2. The number of ketones is 1. The van der Waals surface area contributed by atoms with Gasteiger partial charge in [0.1, 0.15) is 0 Å². The van der Waals surface area contributed by atoms with Gasteiger partial charge in [0.05, 0.1) is 11.1 Å². The molecule has 0 radical (unpaired) electrons. The molecule has 1 heterocycles. The van der Waals surface area contributed by atoms with Gasteiger partial charge in [-0.2, -0.15) is 0 Å². The van der Waals surface area contributed by atoms with Gasteiger partial charge in [-0.3, -0.25) is 9.52 Å². The summed E-state index contributed by atoms with van der Waals surface area (Å²) in [5, 5.41) is 0.0900. The number of aryl methyl sites for hydroxylation is 1. The molecule has 1 N–H and O–H groups in total. The van der Waals surface area contributed by atoms with Crippen LogP contribution in [0.5, 0.6) is 5.06 Å². The standard InChI is InChI=1S/C16H18N2O5S2/c1-3-5-11-6-8-12(9-7-11)25(21,22)18-16-17-10-14(24-16)23-15(20)13(19)4-2/h6-10H,3-5H2,1-2H3,(H,17,18). The van der Waals surface area contributed by atoms with Crippen molar-refractivity contribution in [2.24, 2.45) is 0 Å². The van der Waals surface area contributed by atoms with E-state index in [-0.39, 0.29) is 21.5 Å². The van der Waals surface area contributed by atoms with Gasteiger partial charge in [0.25, 0.3) is 10.0 Å². The van der Waals surface area contributed by atoms with E-state index in [4.69, 9.17) is 4.74 Å². The number of carbonyl (C=O) groups excluding carboxylic acids is 2. The Labute approximate surface area is 150 Å². The maximum atomic E-state index is 12.4. The molecule has 134 valence electrons. The van der Waals surface area contributed by atoms with Crippen LogP contribution in [0.15, 0.2) is 35.4 Å². The number of nitrogens with one attached hydrogen (secondary N) is 1. The van der Waals surface area contributed by atoms with E-state index >= 15 is 0 Å². The third kappa shape index (κ3) is 5.10. The molecule has 0 bridgehead atoms. The van der Waals surface area contributed by atoms with Gasteiger partial charge in [0.2, 0.25) is 10.8 Å². The van der Waals surface area contributed by atoms with Crippen molar-refractivity contribution in [2.75, 3.05) is 4.72 Å². The number of thiazole rings is 1. The molecule has 0 aliphatic heterocycles. The van der Waals surface area contributed by atoms with Gasteiger partial charge >= 0.3 is 5.97 Å². The number of ether oxygens (including phenoxy) is 1. The number of carbonyl (C=O) groups is 2. The van der Waals surface area contributed by atoms with Crippen molar-refractivity contribution >= 4 is 38.2 Å². The van der Waals surface area contributed by atoms with Crippen molar-refractivity contribution in [3.8, 4) is 5.06 Å². The molecule has 7 nitrogen and oxygen atoms in total.